The molecule has 0 radical (unpaired) electrons. The van der Waals surface area contributed by atoms with Gasteiger partial charge in [0, 0.05) is 12.6 Å². The number of amides is 1. The van der Waals surface area contributed by atoms with Crippen molar-refractivity contribution < 1.29 is 9.90 Å². The molecular formula is C13H28N2O2. The number of rotatable bonds is 8. The Morgan fingerprint density at radius 3 is 2.41 bits per heavy atom. The zero-order chi connectivity index (χ0) is 13.5. The summed E-state index contributed by atoms with van der Waals surface area (Å²) >= 11 is 0. The van der Waals surface area contributed by atoms with E-state index in [-0.39, 0.29) is 18.5 Å². The topological polar surface area (TPSA) is 61.4 Å². The van der Waals surface area contributed by atoms with Crippen LogP contribution >= 0.6 is 0 Å². The Labute approximate surface area is 105 Å². The van der Waals surface area contributed by atoms with Crippen molar-refractivity contribution >= 4 is 5.91 Å². The molecule has 0 heterocycles. The largest absolute Gasteiger partial charge is 0.389 e. The Hall–Kier alpha value is -0.610. The van der Waals surface area contributed by atoms with E-state index in [1.165, 1.54) is 0 Å². The van der Waals surface area contributed by atoms with Gasteiger partial charge in [-0.15, -0.1) is 0 Å². The quantitative estimate of drug-likeness (QED) is 0.603. The van der Waals surface area contributed by atoms with Crippen LogP contribution in [-0.4, -0.2) is 35.7 Å². The Balaban J connectivity index is 3.78. The summed E-state index contributed by atoms with van der Waals surface area (Å²) in [6.45, 7) is 10.7. The van der Waals surface area contributed by atoms with Gasteiger partial charge >= 0.3 is 0 Å². The number of aliphatic hydroxyl groups is 1. The number of hydrogen-bond acceptors (Lipinski definition) is 3. The van der Waals surface area contributed by atoms with Crippen LogP contribution in [0, 0.1) is 5.92 Å². The summed E-state index contributed by atoms with van der Waals surface area (Å²) in [7, 11) is 0. The lowest BCUT2D eigenvalue weighted by atomic mass is 10.0. The highest BCUT2D eigenvalue weighted by molar-refractivity contribution is 5.78. The van der Waals surface area contributed by atoms with Gasteiger partial charge in [-0.05, 0) is 26.2 Å². The van der Waals surface area contributed by atoms with Crippen LogP contribution < -0.4 is 10.6 Å². The molecule has 4 heteroatoms. The molecule has 0 fully saturated rings. The summed E-state index contributed by atoms with van der Waals surface area (Å²) in [5, 5.41) is 15.8. The molecule has 0 saturated carbocycles. The van der Waals surface area contributed by atoms with Gasteiger partial charge in [0.15, 0.2) is 0 Å². The molecule has 4 nitrogen and oxygen atoms in total. The number of hydrogen-bond donors (Lipinski definition) is 3. The van der Waals surface area contributed by atoms with E-state index in [2.05, 4.69) is 24.5 Å². The minimum Gasteiger partial charge on any atom is -0.389 e. The molecule has 2 atom stereocenters. The Bertz CT molecular complexity index is 227. The normalized spacial score (nSPS) is 16.6. The van der Waals surface area contributed by atoms with Crippen LogP contribution in [-0.2, 0) is 4.79 Å². The van der Waals surface area contributed by atoms with E-state index in [1.54, 1.807) is 6.92 Å². The molecule has 0 bridgehead atoms. The summed E-state index contributed by atoms with van der Waals surface area (Å²) in [6.07, 6.45) is 1.68. The monoisotopic (exact) mass is 244 g/mol. The smallest absolute Gasteiger partial charge is 0.234 e. The first-order chi connectivity index (χ1) is 7.78. The predicted molar refractivity (Wildman–Crippen MR) is 70.8 cm³/mol. The highest BCUT2D eigenvalue weighted by atomic mass is 16.3. The van der Waals surface area contributed by atoms with Crippen molar-refractivity contribution in [1.29, 1.82) is 0 Å². The van der Waals surface area contributed by atoms with Crippen LogP contribution in [0.4, 0.5) is 0 Å². The van der Waals surface area contributed by atoms with E-state index < -0.39 is 5.60 Å². The average molecular weight is 244 g/mol. The molecule has 2 unspecified atom stereocenters. The molecule has 1 amide bonds. The zero-order valence-corrected chi connectivity index (χ0v) is 11.8. The first-order valence-electron chi connectivity index (χ1n) is 6.51. The van der Waals surface area contributed by atoms with Gasteiger partial charge in [0.2, 0.25) is 5.91 Å². The molecule has 0 saturated heterocycles. The number of nitrogens with one attached hydrogen (secondary N) is 2. The second kappa shape index (κ2) is 7.67. The second-order valence-corrected chi connectivity index (χ2v) is 5.45. The maximum absolute atomic E-state index is 11.5. The molecule has 0 aromatic heterocycles. The molecule has 0 aliphatic carbocycles. The molecule has 0 aliphatic heterocycles. The molecule has 0 aromatic carbocycles. The van der Waals surface area contributed by atoms with Gasteiger partial charge in [-0.1, -0.05) is 27.2 Å². The molecule has 0 aliphatic rings. The van der Waals surface area contributed by atoms with E-state index in [4.69, 9.17) is 0 Å². The van der Waals surface area contributed by atoms with Gasteiger partial charge in [-0.2, -0.15) is 0 Å². The molecule has 102 valence electrons. The van der Waals surface area contributed by atoms with E-state index in [1.807, 2.05) is 13.8 Å². The summed E-state index contributed by atoms with van der Waals surface area (Å²) in [4.78, 5) is 11.5. The van der Waals surface area contributed by atoms with Gasteiger partial charge in [0.05, 0.1) is 12.1 Å². The minimum atomic E-state index is -0.724. The van der Waals surface area contributed by atoms with Crippen molar-refractivity contribution in [2.75, 3.05) is 13.1 Å². The summed E-state index contributed by atoms with van der Waals surface area (Å²) < 4.78 is 0. The zero-order valence-electron chi connectivity index (χ0n) is 11.8. The van der Waals surface area contributed by atoms with E-state index in [0.29, 0.717) is 12.5 Å². The third-order valence-corrected chi connectivity index (χ3v) is 2.97. The molecule has 3 N–H and O–H groups in total. The lowest BCUT2D eigenvalue weighted by molar-refractivity contribution is -0.121. The fourth-order valence-corrected chi connectivity index (χ4v) is 1.54. The van der Waals surface area contributed by atoms with E-state index >= 15 is 0 Å². The van der Waals surface area contributed by atoms with Crippen LogP contribution in [0.5, 0.6) is 0 Å². The third-order valence-electron chi connectivity index (χ3n) is 2.97. The molecule has 0 rings (SSSR count). The highest BCUT2D eigenvalue weighted by Crippen LogP contribution is 2.09. The fourth-order valence-electron chi connectivity index (χ4n) is 1.54. The fraction of sp³-hybridized carbons (Fsp3) is 0.923. The third kappa shape index (κ3) is 8.16. The van der Waals surface area contributed by atoms with E-state index in [0.717, 1.165) is 12.8 Å². The Morgan fingerprint density at radius 1 is 1.35 bits per heavy atom. The Morgan fingerprint density at radius 2 is 1.94 bits per heavy atom. The number of carbonyl (C=O) groups is 1. The van der Waals surface area contributed by atoms with E-state index in [9.17, 15) is 9.90 Å². The molecule has 0 aromatic rings. The van der Waals surface area contributed by atoms with Crippen molar-refractivity contribution in [2.45, 2.75) is 59.1 Å². The van der Waals surface area contributed by atoms with Gasteiger partial charge in [-0.3, -0.25) is 4.79 Å². The van der Waals surface area contributed by atoms with Crippen molar-refractivity contribution in [3.05, 3.63) is 0 Å². The first kappa shape index (κ1) is 16.4. The minimum absolute atomic E-state index is 0.0153. The van der Waals surface area contributed by atoms with Crippen LogP contribution in [0.1, 0.15) is 47.5 Å². The number of carbonyl (C=O) groups excluding carboxylic acids is 1. The van der Waals surface area contributed by atoms with Gasteiger partial charge in [0.1, 0.15) is 0 Å². The molecular weight excluding hydrogens is 216 g/mol. The maximum Gasteiger partial charge on any atom is 0.234 e. The SMILES string of the molecule is CCCC(C)(O)CNCC(=O)NC(C)C(C)C. The lowest BCUT2D eigenvalue weighted by Gasteiger charge is -2.23. The van der Waals surface area contributed by atoms with Gasteiger partial charge in [-0.25, -0.2) is 0 Å². The van der Waals surface area contributed by atoms with Crippen molar-refractivity contribution in [2.24, 2.45) is 5.92 Å². The maximum atomic E-state index is 11.5. The molecule has 17 heavy (non-hydrogen) atoms. The second-order valence-electron chi connectivity index (χ2n) is 5.45. The molecule has 0 spiro atoms. The van der Waals surface area contributed by atoms with Crippen molar-refractivity contribution in [3.63, 3.8) is 0 Å². The van der Waals surface area contributed by atoms with Crippen LogP contribution in [0.25, 0.3) is 0 Å². The first-order valence-corrected chi connectivity index (χ1v) is 6.51. The van der Waals surface area contributed by atoms with Crippen LogP contribution in [0.3, 0.4) is 0 Å². The summed E-state index contributed by atoms with van der Waals surface area (Å²) in [6, 6.07) is 0.181. The average Bonchev–Trinajstić information content (AvgIpc) is 2.16. The van der Waals surface area contributed by atoms with Crippen molar-refractivity contribution in [1.82, 2.24) is 10.6 Å². The van der Waals surface area contributed by atoms with Crippen LogP contribution in [0.2, 0.25) is 0 Å². The van der Waals surface area contributed by atoms with Crippen LogP contribution in [0.15, 0.2) is 0 Å². The highest BCUT2D eigenvalue weighted by Gasteiger charge is 2.19. The van der Waals surface area contributed by atoms with Gasteiger partial charge in [0.25, 0.3) is 0 Å². The summed E-state index contributed by atoms with van der Waals surface area (Å²) in [5.41, 5.74) is -0.724. The van der Waals surface area contributed by atoms with Gasteiger partial charge < -0.3 is 15.7 Å². The predicted octanol–water partition coefficient (Wildman–Crippen LogP) is 1.29. The van der Waals surface area contributed by atoms with Crippen molar-refractivity contribution in [3.8, 4) is 0 Å². The lowest BCUT2D eigenvalue weighted by Crippen LogP contribution is -2.45. The Kier molecular flexibility index (Phi) is 7.39. The summed E-state index contributed by atoms with van der Waals surface area (Å²) in [5.74, 6) is 0.417. The standard InChI is InChI=1S/C13H28N2O2/c1-6-7-13(5,17)9-14-8-12(16)15-11(4)10(2)3/h10-11,14,17H,6-9H2,1-5H3,(H,15,16).